The molecule has 2 nitrogen and oxygen atoms in total. The Morgan fingerprint density at radius 1 is 0.857 bits per heavy atom. The standard InChI is InChI=1S/C6H9N2.3C4H9.Sn/c1-5-4-8(3)7-6(5)2;3*1-3-4-2;/h1-3H3;3*1,3-4H2,2H3;. The van der Waals surface area contributed by atoms with E-state index in [0.717, 1.165) is 0 Å². The third-order valence-corrected chi connectivity index (χ3v) is 21.1. The van der Waals surface area contributed by atoms with E-state index in [1.165, 1.54) is 63.1 Å². The van der Waals surface area contributed by atoms with Crippen LogP contribution in [0.3, 0.4) is 0 Å². The van der Waals surface area contributed by atoms with Gasteiger partial charge in [0.15, 0.2) is 0 Å². The summed E-state index contributed by atoms with van der Waals surface area (Å²) in [6.45, 7) is 11.6. The molecule has 0 fully saturated rings. The van der Waals surface area contributed by atoms with Gasteiger partial charge in [0, 0.05) is 0 Å². The van der Waals surface area contributed by atoms with Gasteiger partial charge in [-0.15, -0.1) is 0 Å². The van der Waals surface area contributed by atoms with E-state index >= 15 is 0 Å². The Labute approximate surface area is 136 Å². The van der Waals surface area contributed by atoms with Gasteiger partial charge in [0.25, 0.3) is 0 Å². The molecule has 0 N–H and O–H groups in total. The quantitative estimate of drug-likeness (QED) is 0.501. The Bertz CT molecular complexity index is 401. The summed E-state index contributed by atoms with van der Waals surface area (Å²) in [6, 6.07) is 0. The summed E-state index contributed by atoms with van der Waals surface area (Å²) in [4.78, 5) is 0. The van der Waals surface area contributed by atoms with Crippen LogP contribution >= 0.6 is 0 Å². The molecule has 0 aromatic carbocycles. The van der Waals surface area contributed by atoms with E-state index in [2.05, 4.69) is 46.3 Å². The zero-order valence-corrected chi connectivity index (χ0v) is 18.1. The predicted octanol–water partition coefficient (Wildman–Crippen LogP) is 5.09. The summed E-state index contributed by atoms with van der Waals surface area (Å²) in [7, 11) is 2.20. The monoisotopic (exact) mass is 400 g/mol. The number of unbranched alkanes of at least 4 members (excludes halogenated alkanes) is 3. The first-order chi connectivity index (χ1) is 10.0. The van der Waals surface area contributed by atoms with Crippen LogP contribution in [-0.2, 0) is 7.05 Å². The van der Waals surface area contributed by atoms with E-state index in [4.69, 9.17) is 5.10 Å². The minimum absolute atomic E-state index is 1.26. The van der Waals surface area contributed by atoms with Gasteiger partial charge in [0.2, 0.25) is 0 Å². The molecule has 122 valence electrons. The second-order valence-electron chi connectivity index (χ2n) is 6.77. The molecule has 0 atom stereocenters. The van der Waals surface area contributed by atoms with Crippen LogP contribution in [0.15, 0.2) is 0 Å². The molecule has 1 heterocycles. The fourth-order valence-corrected chi connectivity index (χ4v) is 21.7. The molecular formula is C18H36N2Sn. The van der Waals surface area contributed by atoms with Crippen LogP contribution in [0.4, 0.5) is 0 Å². The summed E-state index contributed by atoms with van der Waals surface area (Å²) in [5.41, 5.74) is 2.79. The van der Waals surface area contributed by atoms with Crippen molar-refractivity contribution in [3.8, 4) is 0 Å². The summed E-state index contributed by atoms with van der Waals surface area (Å²) in [5, 5.41) is 4.77. The minimum atomic E-state index is -2.30. The molecule has 0 amide bonds. The number of hydrogen-bond acceptors (Lipinski definition) is 1. The molecule has 0 bridgehead atoms. The molecule has 0 saturated carbocycles. The van der Waals surface area contributed by atoms with Crippen molar-refractivity contribution in [1.82, 2.24) is 9.78 Å². The van der Waals surface area contributed by atoms with Crippen molar-refractivity contribution >= 4 is 22.1 Å². The van der Waals surface area contributed by atoms with Gasteiger partial charge in [0.1, 0.15) is 0 Å². The maximum absolute atomic E-state index is 4.77. The molecule has 0 radical (unpaired) electrons. The van der Waals surface area contributed by atoms with Gasteiger partial charge in [0.05, 0.1) is 0 Å². The zero-order valence-electron chi connectivity index (χ0n) is 15.3. The summed E-state index contributed by atoms with van der Waals surface area (Å²) < 4.78 is 8.61. The summed E-state index contributed by atoms with van der Waals surface area (Å²) in [6.07, 6.45) is 8.29. The summed E-state index contributed by atoms with van der Waals surface area (Å²) in [5.74, 6) is 0. The van der Waals surface area contributed by atoms with Crippen LogP contribution in [0, 0.1) is 13.8 Å². The molecule has 1 aromatic heterocycles. The van der Waals surface area contributed by atoms with Crippen LogP contribution < -0.4 is 3.71 Å². The van der Waals surface area contributed by atoms with E-state index in [9.17, 15) is 0 Å². The van der Waals surface area contributed by atoms with Crippen LogP contribution in [0.5, 0.6) is 0 Å². The van der Waals surface area contributed by atoms with E-state index in [1.807, 2.05) is 0 Å². The fraction of sp³-hybridized carbons (Fsp3) is 0.833. The summed E-state index contributed by atoms with van der Waals surface area (Å²) >= 11 is -2.30. The van der Waals surface area contributed by atoms with E-state index < -0.39 is 18.4 Å². The second-order valence-corrected chi connectivity index (χ2v) is 19.7. The van der Waals surface area contributed by atoms with Gasteiger partial charge in [-0.25, -0.2) is 0 Å². The van der Waals surface area contributed by atoms with Crippen molar-refractivity contribution in [2.45, 2.75) is 86.5 Å². The molecule has 1 rings (SSSR count). The third kappa shape index (κ3) is 4.74. The van der Waals surface area contributed by atoms with Crippen molar-refractivity contribution in [3.63, 3.8) is 0 Å². The fourth-order valence-electron chi connectivity index (χ4n) is 3.78. The van der Waals surface area contributed by atoms with Gasteiger partial charge < -0.3 is 0 Å². The third-order valence-electron chi connectivity index (χ3n) is 5.05. The SMILES string of the molecule is CCC[CH2][Sn]([CH2]CCC)([CH2]CCC)[c]1c(C)c(C)nn1C. The number of nitrogens with zero attached hydrogens (tertiary/aromatic N) is 2. The average Bonchev–Trinajstić information content (AvgIpc) is 2.73. The average molecular weight is 399 g/mol. The Balaban J connectivity index is 3.22. The Morgan fingerprint density at radius 3 is 1.57 bits per heavy atom. The van der Waals surface area contributed by atoms with E-state index in [0.29, 0.717) is 0 Å². The van der Waals surface area contributed by atoms with Crippen molar-refractivity contribution in [3.05, 3.63) is 11.3 Å². The second kappa shape index (κ2) is 9.22. The predicted molar refractivity (Wildman–Crippen MR) is 97.2 cm³/mol. The maximum atomic E-state index is 4.77. The Kier molecular flexibility index (Phi) is 8.36. The number of aryl methyl sites for hydroxylation is 2. The van der Waals surface area contributed by atoms with Crippen molar-refractivity contribution in [1.29, 1.82) is 0 Å². The number of rotatable bonds is 10. The molecule has 0 unspecified atom stereocenters. The van der Waals surface area contributed by atoms with Crippen molar-refractivity contribution < 1.29 is 0 Å². The van der Waals surface area contributed by atoms with Gasteiger partial charge in [-0.3, -0.25) is 0 Å². The number of hydrogen-bond donors (Lipinski definition) is 0. The molecule has 3 heteroatoms. The Hall–Kier alpha value is 0.00870. The van der Waals surface area contributed by atoms with E-state index in [1.54, 1.807) is 3.71 Å². The van der Waals surface area contributed by atoms with Crippen molar-refractivity contribution in [2.24, 2.45) is 7.05 Å². The molecule has 0 aliphatic rings. The molecule has 0 saturated heterocycles. The van der Waals surface area contributed by atoms with Crippen LogP contribution in [0.25, 0.3) is 0 Å². The molecule has 0 aliphatic carbocycles. The number of aromatic nitrogens is 2. The molecule has 0 aliphatic heterocycles. The van der Waals surface area contributed by atoms with Gasteiger partial charge in [-0.1, -0.05) is 0 Å². The normalized spacial score (nSPS) is 12.1. The Morgan fingerprint density at radius 2 is 1.29 bits per heavy atom. The van der Waals surface area contributed by atoms with Gasteiger partial charge in [-0.05, 0) is 0 Å². The van der Waals surface area contributed by atoms with Gasteiger partial charge >= 0.3 is 137 Å². The molecule has 21 heavy (non-hydrogen) atoms. The first kappa shape index (κ1) is 19.1. The van der Waals surface area contributed by atoms with Crippen molar-refractivity contribution in [2.75, 3.05) is 0 Å². The molecule has 0 spiro atoms. The molecule has 1 aromatic rings. The first-order valence-electron chi connectivity index (χ1n) is 9.03. The van der Waals surface area contributed by atoms with Crippen LogP contribution in [0.1, 0.15) is 70.6 Å². The van der Waals surface area contributed by atoms with Gasteiger partial charge in [-0.2, -0.15) is 0 Å². The zero-order chi connectivity index (χ0) is 15.9. The van der Waals surface area contributed by atoms with E-state index in [-0.39, 0.29) is 0 Å². The first-order valence-corrected chi connectivity index (χ1v) is 16.5. The van der Waals surface area contributed by atoms with Crippen LogP contribution in [-0.4, -0.2) is 28.2 Å². The van der Waals surface area contributed by atoms with Crippen LogP contribution in [0.2, 0.25) is 13.3 Å². The molecular weight excluding hydrogens is 363 g/mol. The topological polar surface area (TPSA) is 17.8 Å².